The molecule has 0 spiro atoms. The molecule has 5 nitrogen and oxygen atoms in total. The zero-order chi connectivity index (χ0) is 13.5. The molecular formula is C10H21BrNO4P. The summed E-state index contributed by atoms with van der Waals surface area (Å²) in [5, 5.41) is 0.818. The third-order valence-corrected chi connectivity index (χ3v) is 5.58. The highest BCUT2D eigenvalue weighted by Crippen LogP contribution is 2.51. The van der Waals surface area contributed by atoms with E-state index in [0.29, 0.717) is 6.54 Å². The molecule has 102 valence electrons. The van der Waals surface area contributed by atoms with Crippen LogP contribution in [0.2, 0.25) is 0 Å². The summed E-state index contributed by atoms with van der Waals surface area (Å²) in [6, 6.07) is 0.0458. The molecule has 0 N–H and O–H groups in total. The van der Waals surface area contributed by atoms with Crippen LogP contribution < -0.4 is 0 Å². The fourth-order valence-electron chi connectivity index (χ4n) is 1.47. The second-order valence-corrected chi connectivity index (χ2v) is 7.12. The summed E-state index contributed by atoms with van der Waals surface area (Å²) in [6.45, 7) is 4.47. The van der Waals surface area contributed by atoms with Gasteiger partial charge in [-0.1, -0.05) is 15.9 Å². The monoisotopic (exact) mass is 329 g/mol. The van der Waals surface area contributed by atoms with Gasteiger partial charge in [-0.3, -0.25) is 9.36 Å². The zero-order valence-corrected chi connectivity index (χ0v) is 13.3. The minimum atomic E-state index is -3.13. The highest BCUT2D eigenvalue weighted by Gasteiger charge is 2.35. The molecule has 0 bridgehead atoms. The first-order chi connectivity index (χ1) is 7.91. The quantitative estimate of drug-likeness (QED) is 0.389. The lowest BCUT2D eigenvalue weighted by molar-refractivity contribution is -0.137. The van der Waals surface area contributed by atoms with E-state index < -0.39 is 13.5 Å². The van der Waals surface area contributed by atoms with Crippen LogP contribution in [-0.4, -0.2) is 48.9 Å². The summed E-state index contributed by atoms with van der Waals surface area (Å²) in [7, 11) is -0.484. The molecule has 0 amide bonds. The van der Waals surface area contributed by atoms with E-state index in [4.69, 9.17) is 4.52 Å². The predicted molar refractivity (Wildman–Crippen MR) is 71.8 cm³/mol. The van der Waals surface area contributed by atoms with Crippen molar-refractivity contribution in [3.63, 3.8) is 0 Å². The number of esters is 1. The molecule has 1 unspecified atom stereocenters. The average Bonchev–Trinajstić information content (AvgIpc) is 2.28. The van der Waals surface area contributed by atoms with Crippen LogP contribution in [0.5, 0.6) is 0 Å². The third-order valence-electron chi connectivity index (χ3n) is 2.35. The van der Waals surface area contributed by atoms with E-state index in [-0.39, 0.29) is 12.2 Å². The van der Waals surface area contributed by atoms with Gasteiger partial charge in [0.2, 0.25) is 0 Å². The summed E-state index contributed by atoms with van der Waals surface area (Å²) >= 11 is 3.33. The highest BCUT2D eigenvalue weighted by atomic mass is 79.9. The maximum atomic E-state index is 12.6. The first-order valence-corrected chi connectivity index (χ1v) is 8.34. The Morgan fingerprint density at radius 1 is 1.41 bits per heavy atom. The Morgan fingerprint density at radius 3 is 2.35 bits per heavy atom. The van der Waals surface area contributed by atoms with Crippen LogP contribution in [0.15, 0.2) is 0 Å². The molecule has 0 aliphatic heterocycles. The second-order valence-electron chi connectivity index (χ2n) is 3.85. The third kappa shape index (κ3) is 5.51. The Morgan fingerprint density at radius 2 is 2.00 bits per heavy atom. The molecule has 17 heavy (non-hydrogen) atoms. The van der Waals surface area contributed by atoms with Crippen molar-refractivity contribution in [2.45, 2.75) is 26.3 Å². The molecular weight excluding hydrogens is 309 g/mol. The van der Waals surface area contributed by atoms with Gasteiger partial charge in [-0.2, -0.15) is 0 Å². The number of carbonyl (C=O) groups is 1. The summed E-state index contributed by atoms with van der Waals surface area (Å²) in [5.41, 5.74) is 0. The van der Waals surface area contributed by atoms with Gasteiger partial charge in [-0.15, -0.1) is 0 Å². The fourth-order valence-corrected chi connectivity index (χ4v) is 3.85. The highest BCUT2D eigenvalue weighted by molar-refractivity contribution is 9.09. The van der Waals surface area contributed by atoms with Crippen molar-refractivity contribution in [2.24, 2.45) is 0 Å². The Hall–Kier alpha value is 0.100. The topological polar surface area (TPSA) is 55.8 Å². The number of nitrogens with zero attached hydrogens (tertiary/aromatic N) is 1. The Labute approximate surface area is 111 Å². The van der Waals surface area contributed by atoms with E-state index in [1.807, 2.05) is 13.8 Å². The number of rotatable bonds is 8. The second kappa shape index (κ2) is 8.25. The van der Waals surface area contributed by atoms with Gasteiger partial charge in [0.05, 0.1) is 7.11 Å². The van der Waals surface area contributed by atoms with E-state index >= 15 is 0 Å². The average molecular weight is 330 g/mol. The molecule has 0 fully saturated rings. The summed E-state index contributed by atoms with van der Waals surface area (Å²) in [6.07, 6.45) is 0.632. The van der Waals surface area contributed by atoms with E-state index in [2.05, 4.69) is 20.7 Å². The molecule has 0 heterocycles. The summed E-state index contributed by atoms with van der Waals surface area (Å²) in [5.74, 6) is -0.514. The van der Waals surface area contributed by atoms with Crippen molar-refractivity contribution in [1.82, 2.24) is 4.67 Å². The first kappa shape index (κ1) is 17.1. The van der Waals surface area contributed by atoms with Crippen molar-refractivity contribution in [3.05, 3.63) is 0 Å². The van der Waals surface area contributed by atoms with Crippen LogP contribution in [0.1, 0.15) is 20.3 Å². The molecule has 1 atom stereocenters. The normalized spacial score (nSPS) is 15.0. The standard InChI is InChI=1S/C10H21BrNO4P/c1-9(2)12(7-5-6-11)17(14,16-4)8-10(13)15-3/h9H,5-8H2,1-4H3. The van der Waals surface area contributed by atoms with E-state index in [9.17, 15) is 9.36 Å². The van der Waals surface area contributed by atoms with Gasteiger partial charge in [0.25, 0.3) is 7.52 Å². The number of hydrogen-bond acceptors (Lipinski definition) is 4. The largest absolute Gasteiger partial charge is 0.469 e. The van der Waals surface area contributed by atoms with Crippen LogP contribution in [0, 0.1) is 0 Å². The summed E-state index contributed by atoms with van der Waals surface area (Å²) < 4.78 is 24.0. The van der Waals surface area contributed by atoms with E-state index in [1.165, 1.54) is 14.2 Å². The Kier molecular flexibility index (Phi) is 8.29. The van der Waals surface area contributed by atoms with Crippen LogP contribution in [-0.2, 0) is 18.6 Å². The molecule has 0 radical (unpaired) electrons. The lowest BCUT2D eigenvalue weighted by atomic mass is 10.4. The molecule has 0 saturated heterocycles. The maximum Gasteiger partial charge on any atom is 0.316 e. The zero-order valence-electron chi connectivity index (χ0n) is 10.8. The van der Waals surface area contributed by atoms with Crippen LogP contribution in [0.4, 0.5) is 0 Å². The van der Waals surface area contributed by atoms with Gasteiger partial charge >= 0.3 is 5.97 Å². The van der Waals surface area contributed by atoms with Crippen molar-refractivity contribution >= 4 is 29.4 Å². The number of methoxy groups -OCH3 is 1. The van der Waals surface area contributed by atoms with Crippen LogP contribution >= 0.6 is 23.4 Å². The van der Waals surface area contributed by atoms with Crippen molar-refractivity contribution in [1.29, 1.82) is 0 Å². The van der Waals surface area contributed by atoms with Crippen LogP contribution in [0.3, 0.4) is 0 Å². The van der Waals surface area contributed by atoms with Gasteiger partial charge in [-0.25, -0.2) is 4.67 Å². The minimum Gasteiger partial charge on any atom is -0.469 e. The number of halogens is 1. The number of alkyl halides is 1. The van der Waals surface area contributed by atoms with Crippen LogP contribution in [0.25, 0.3) is 0 Å². The molecule has 0 aromatic rings. The lowest BCUT2D eigenvalue weighted by Gasteiger charge is -2.32. The van der Waals surface area contributed by atoms with E-state index in [1.54, 1.807) is 4.67 Å². The smallest absolute Gasteiger partial charge is 0.316 e. The number of hydrogen-bond donors (Lipinski definition) is 0. The molecule has 7 heteroatoms. The lowest BCUT2D eigenvalue weighted by Crippen LogP contribution is -2.32. The van der Waals surface area contributed by atoms with E-state index in [0.717, 1.165) is 11.8 Å². The van der Waals surface area contributed by atoms with Gasteiger partial charge in [0.15, 0.2) is 0 Å². The van der Waals surface area contributed by atoms with Crippen molar-refractivity contribution in [2.75, 3.05) is 32.3 Å². The number of ether oxygens (including phenoxy) is 1. The Balaban J connectivity index is 4.85. The predicted octanol–water partition coefficient (Wildman–Crippen LogP) is 2.49. The minimum absolute atomic E-state index is 0.0458. The summed E-state index contributed by atoms with van der Waals surface area (Å²) in [4.78, 5) is 11.3. The molecule has 0 aromatic carbocycles. The maximum absolute atomic E-state index is 12.6. The SMILES string of the molecule is COC(=O)CP(=O)(OC)N(CCCBr)C(C)C. The molecule has 0 rings (SSSR count). The molecule has 0 aliphatic carbocycles. The molecule has 0 aliphatic rings. The van der Waals surface area contributed by atoms with Crippen molar-refractivity contribution < 1.29 is 18.6 Å². The molecule has 0 aromatic heterocycles. The Bertz CT molecular complexity index is 285. The molecule has 0 saturated carbocycles. The fraction of sp³-hybridized carbons (Fsp3) is 0.900. The van der Waals surface area contributed by atoms with Gasteiger partial charge in [-0.05, 0) is 20.3 Å². The number of carbonyl (C=O) groups excluding carboxylic acids is 1. The van der Waals surface area contributed by atoms with Gasteiger partial charge in [0.1, 0.15) is 6.16 Å². The first-order valence-electron chi connectivity index (χ1n) is 5.46. The van der Waals surface area contributed by atoms with Gasteiger partial charge in [0, 0.05) is 25.0 Å². The van der Waals surface area contributed by atoms with Crippen molar-refractivity contribution in [3.8, 4) is 0 Å². The van der Waals surface area contributed by atoms with Gasteiger partial charge < -0.3 is 9.26 Å².